The summed E-state index contributed by atoms with van der Waals surface area (Å²) in [6.07, 6.45) is 0.226. The Morgan fingerprint density at radius 1 is 1.07 bits per heavy atom. The molecule has 11 heteroatoms. The molecular formula is C29H53N3O8. The molecule has 1 aliphatic heterocycles. The molecule has 0 spiro atoms. The summed E-state index contributed by atoms with van der Waals surface area (Å²) in [5.74, 6) is -2.45. The van der Waals surface area contributed by atoms with Gasteiger partial charge < -0.3 is 34.4 Å². The average molecular weight is 572 g/mol. The summed E-state index contributed by atoms with van der Waals surface area (Å²) in [5.41, 5.74) is -0.709. The van der Waals surface area contributed by atoms with Gasteiger partial charge in [-0.1, -0.05) is 34.1 Å². The molecule has 1 saturated heterocycles. The van der Waals surface area contributed by atoms with E-state index in [4.69, 9.17) is 14.2 Å². The van der Waals surface area contributed by atoms with Gasteiger partial charge in [-0.2, -0.15) is 0 Å². The Labute approximate surface area is 240 Å². The molecule has 1 rings (SSSR count). The van der Waals surface area contributed by atoms with E-state index in [1.807, 2.05) is 27.7 Å². The molecule has 2 N–H and O–H groups in total. The number of ether oxygens (including phenoxy) is 3. The van der Waals surface area contributed by atoms with Crippen LogP contribution in [0.25, 0.3) is 0 Å². The number of likely N-dealkylation sites (tertiary alicyclic amines) is 1. The van der Waals surface area contributed by atoms with Gasteiger partial charge in [0, 0.05) is 27.8 Å². The predicted molar refractivity (Wildman–Crippen MR) is 152 cm³/mol. The van der Waals surface area contributed by atoms with E-state index in [2.05, 4.69) is 5.32 Å². The van der Waals surface area contributed by atoms with Gasteiger partial charge in [0.25, 0.3) is 0 Å². The highest BCUT2D eigenvalue weighted by Crippen LogP contribution is 2.29. The van der Waals surface area contributed by atoms with Gasteiger partial charge in [0.05, 0.1) is 36.6 Å². The lowest BCUT2D eigenvalue weighted by Crippen LogP contribution is -2.58. The third-order valence-corrected chi connectivity index (χ3v) is 7.84. The smallest absolute Gasteiger partial charge is 0.408 e. The van der Waals surface area contributed by atoms with E-state index >= 15 is 0 Å². The number of aliphatic carboxylic acids is 1. The van der Waals surface area contributed by atoms with Crippen LogP contribution in [0.2, 0.25) is 0 Å². The van der Waals surface area contributed by atoms with Crippen molar-refractivity contribution in [1.29, 1.82) is 0 Å². The molecule has 11 nitrogen and oxygen atoms in total. The normalized spacial score (nSPS) is 20.3. The fraction of sp³-hybridized carbons (Fsp3) is 0.862. The maximum absolute atomic E-state index is 13.8. The summed E-state index contributed by atoms with van der Waals surface area (Å²) >= 11 is 0. The number of nitrogens with zero attached hydrogens (tertiary/aromatic N) is 2. The summed E-state index contributed by atoms with van der Waals surface area (Å²) in [6, 6.07) is -1.64. The van der Waals surface area contributed by atoms with Gasteiger partial charge in [-0.15, -0.1) is 0 Å². The van der Waals surface area contributed by atoms with Crippen LogP contribution in [0.5, 0.6) is 0 Å². The zero-order chi connectivity index (χ0) is 30.9. The lowest BCUT2D eigenvalue weighted by Gasteiger charge is -2.40. The van der Waals surface area contributed by atoms with Crippen molar-refractivity contribution in [2.75, 3.05) is 27.8 Å². The van der Waals surface area contributed by atoms with Crippen LogP contribution >= 0.6 is 0 Å². The van der Waals surface area contributed by atoms with Crippen LogP contribution in [0.4, 0.5) is 4.79 Å². The Kier molecular flexibility index (Phi) is 13.9. The van der Waals surface area contributed by atoms with E-state index in [9.17, 15) is 24.3 Å². The molecule has 7 atom stereocenters. The van der Waals surface area contributed by atoms with E-state index in [1.165, 1.54) is 14.2 Å². The monoisotopic (exact) mass is 571 g/mol. The number of carboxylic acids is 1. The first-order valence-corrected chi connectivity index (χ1v) is 14.3. The quantitative estimate of drug-likeness (QED) is 0.323. The number of amides is 3. The molecule has 232 valence electrons. The zero-order valence-corrected chi connectivity index (χ0v) is 26.4. The molecule has 0 aromatic rings. The number of nitrogens with one attached hydrogen (secondary N) is 1. The van der Waals surface area contributed by atoms with Crippen LogP contribution in [0.15, 0.2) is 0 Å². The first-order valence-electron chi connectivity index (χ1n) is 14.3. The summed E-state index contributed by atoms with van der Waals surface area (Å²) in [5, 5.41) is 12.3. The number of hydrogen-bond donors (Lipinski definition) is 2. The number of alkyl carbamates (subject to hydrolysis) is 1. The fourth-order valence-electron chi connectivity index (χ4n) is 5.46. The maximum atomic E-state index is 13.8. The lowest BCUT2D eigenvalue weighted by molar-refractivity contribution is -0.152. The Morgan fingerprint density at radius 2 is 1.68 bits per heavy atom. The highest BCUT2D eigenvalue weighted by Gasteiger charge is 2.42. The zero-order valence-electron chi connectivity index (χ0n) is 26.4. The third-order valence-electron chi connectivity index (χ3n) is 7.84. The van der Waals surface area contributed by atoms with Crippen LogP contribution in [0.1, 0.15) is 81.1 Å². The number of likely N-dealkylation sites (N-methyl/N-ethyl adjacent to an activating group) is 1. The van der Waals surface area contributed by atoms with Gasteiger partial charge in [0.15, 0.2) is 0 Å². The Balaban J connectivity index is 3.20. The number of rotatable bonds is 14. The number of hydrogen-bond acceptors (Lipinski definition) is 7. The first-order chi connectivity index (χ1) is 18.5. The second-order valence-corrected chi connectivity index (χ2v) is 12.3. The van der Waals surface area contributed by atoms with Crippen molar-refractivity contribution in [1.82, 2.24) is 15.1 Å². The molecule has 1 fully saturated rings. The van der Waals surface area contributed by atoms with Crippen molar-refractivity contribution in [3.63, 3.8) is 0 Å². The van der Waals surface area contributed by atoms with Crippen molar-refractivity contribution < 1.29 is 38.5 Å². The highest BCUT2D eigenvalue weighted by atomic mass is 16.6. The molecule has 0 aromatic carbocycles. The van der Waals surface area contributed by atoms with Crippen molar-refractivity contribution >= 4 is 23.9 Å². The van der Waals surface area contributed by atoms with Crippen LogP contribution in [-0.4, -0.2) is 103 Å². The Hall–Kier alpha value is -2.40. The maximum Gasteiger partial charge on any atom is 0.408 e. The summed E-state index contributed by atoms with van der Waals surface area (Å²) in [7, 11) is 4.67. The molecule has 0 radical (unpaired) electrons. The Morgan fingerprint density at radius 3 is 2.12 bits per heavy atom. The molecule has 0 saturated carbocycles. The molecule has 40 heavy (non-hydrogen) atoms. The first kappa shape index (κ1) is 35.6. The van der Waals surface area contributed by atoms with Crippen molar-refractivity contribution in [2.24, 2.45) is 17.8 Å². The molecule has 1 heterocycles. The third kappa shape index (κ3) is 9.61. The fourth-order valence-corrected chi connectivity index (χ4v) is 5.46. The SMILES string of the molecule is CC[C@H](C)C([C@@H](CC(=O)N1CCC[C@H]1[C@H](OC)[C@@H](C)C(=O)O)OC)N(C)C(=O)[C@@H](NC(=O)OC(C)(C)C)C(C)C. The standard InChI is InChI=1S/C29H53N3O8/c1-12-18(4)24(31(9)26(34)23(17(2)3)30-28(37)40-29(6,7)8)21(38-10)16-22(33)32-15-13-14-20(32)25(39-11)19(5)27(35)36/h17-21,23-25H,12-16H2,1-11H3,(H,30,37)(H,35,36)/t18-,19+,20-,21+,23-,24?,25+/m0/s1. The molecule has 0 bridgehead atoms. The molecular weight excluding hydrogens is 518 g/mol. The van der Waals surface area contributed by atoms with Gasteiger partial charge in [-0.25, -0.2) is 4.79 Å². The molecule has 0 aromatic heterocycles. The van der Waals surface area contributed by atoms with Crippen molar-refractivity contribution in [3.05, 3.63) is 0 Å². The van der Waals surface area contributed by atoms with Gasteiger partial charge in [-0.05, 0) is 52.4 Å². The van der Waals surface area contributed by atoms with E-state index < -0.39 is 47.9 Å². The predicted octanol–water partition coefficient (Wildman–Crippen LogP) is 3.54. The van der Waals surface area contributed by atoms with E-state index in [-0.39, 0.29) is 36.1 Å². The topological polar surface area (TPSA) is 135 Å². The lowest BCUT2D eigenvalue weighted by atomic mass is 9.89. The number of methoxy groups -OCH3 is 2. The van der Waals surface area contributed by atoms with E-state index in [0.29, 0.717) is 13.0 Å². The van der Waals surface area contributed by atoms with Gasteiger partial charge >= 0.3 is 12.1 Å². The minimum Gasteiger partial charge on any atom is -0.481 e. The largest absolute Gasteiger partial charge is 0.481 e. The number of carboxylic acid groups (broad SMARTS) is 1. The van der Waals surface area contributed by atoms with Crippen LogP contribution < -0.4 is 5.32 Å². The summed E-state index contributed by atoms with van der Waals surface area (Å²) in [4.78, 5) is 54.9. The molecule has 0 aliphatic carbocycles. The highest BCUT2D eigenvalue weighted by molar-refractivity contribution is 5.86. The average Bonchev–Trinajstić information content (AvgIpc) is 3.34. The molecule has 3 amide bonds. The van der Waals surface area contributed by atoms with Gasteiger partial charge in [0.2, 0.25) is 11.8 Å². The molecule has 1 unspecified atom stereocenters. The number of carbonyl (C=O) groups excluding carboxylic acids is 3. The van der Waals surface area contributed by atoms with Crippen molar-refractivity contribution in [3.8, 4) is 0 Å². The van der Waals surface area contributed by atoms with E-state index in [1.54, 1.807) is 44.5 Å². The van der Waals surface area contributed by atoms with Crippen molar-refractivity contribution in [2.45, 2.75) is 117 Å². The minimum atomic E-state index is -0.974. The second-order valence-electron chi connectivity index (χ2n) is 12.3. The van der Waals surface area contributed by atoms with Gasteiger partial charge in [0.1, 0.15) is 11.6 Å². The van der Waals surface area contributed by atoms with E-state index in [0.717, 1.165) is 12.8 Å². The van der Waals surface area contributed by atoms with Crippen LogP contribution in [0.3, 0.4) is 0 Å². The second kappa shape index (κ2) is 15.6. The summed E-state index contributed by atoms with van der Waals surface area (Å²) < 4.78 is 16.8. The van der Waals surface area contributed by atoms with Crippen LogP contribution in [-0.2, 0) is 28.6 Å². The summed E-state index contributed by atoms with van der Waals surface area (Å²) in [6.45, 7) is 15.1. The van der Waals surface area contributed by atoms with Gasteiger partial charge in [-0.3, -0.25) is 14.4 Å². The number of carbonyl (C=O) groups is 4. The Bertz CT molecular complexity index is 859. The van der Waals surface area contributed by atoms with Crippen LogP contribution in [0, 0.1) is 17.8 Å². The minimum absolute atomic E-state index is 0.0172. The molecule has 1 aliphatic rings.